The molecule has 0 spiro atoms. The van der Waals surface area contributed by atoms with Crippen molar-refractivity contribution in [1.29, 1.82) is 0 Å². The summed E-state index contributed by atoms with van der Waals surface area (Å²) in [6.07, 6.45) is -21.0. The first-order valence-electron chi connectivity index (χ1n) is 11.5. The number of hydrogen-bond acceptors (Lipinski definition) is 3. The lowest BCUT2D eigenvalue weighted by Gasteiger charge is -2.16. The minimum atomic E-state index is -5.24. The first-order chi connectivity index (χ1) is 20.4. The van der Waals surface area contributed by atoms with Crippen LogP contribution in [-0.4, -0.2) is 23.1 Å². The zero-order valence-corrected chi connectivity index (χ0v) is 21.4. The van der Waals surface area contributed by atoms with E-state index in [0.29, 0.717) is 0 Å². The molecule has 3 aromatic rings. The molecule has 0 aliphatic carbocycles. The van der Waals surface area contributed by atoms with E-state index in [1.165, 1.54) is 0 Å². The number of anilines is 4. The molecule has 0 atom stereocenters. The summed E-state index contributed by atoms with van der Waals surface area (Å²) < 4.78 is 157. The smallest absolute Gasteiger partial charge is 0.416 e. The fraction of sp³-hybridized carbons (Fsp3) is 0.160. The molecule has 0 radical (unpaired) electrons. The molecule has 8 nitrogen and oxygen atoms in total. The van der Waals surface area contributed by atoms with Crippen molar-refractivity contribution in [2.45, 2.75) is 24.7 Å². The molecule has 0 heterocycles. The monoisotopic (exact) mass is 662 g/mol. The normalized spacial score (nSPS) is 12.4. The molecule has 45 heavy (non-hydrogen) atoms. The summed E-state index contributed by atoms with van der Waals surface area (Å²) in [5.74, 6) is -1.69. The maximum absolute atomic E-state index is 13.1. The van der Waals surface area contributed by atoms with Gasteiger partial charge in [0, 0.05) is 22.7 Å². The Hall–Kier alpha value is -5.17. The topological polar surface area (TPSA) is 120 Å². The third kappa shape index (κ3) is 9.41. The first kappa shape index (κ1) is 34.3. The van der Waals surface area contributed by atoms with E-state index in [1.54, 1.807) is 10.6 Å². The van der Waals surface area contributed by atoms with E-state index in [9.17, 15) is 72.2 Å². The van der Waals surface area contributed by atoms with Gasteiger partial charge >= 0.3 is 42.7 Å². The van der Waals surface area contributed by atoms with Crippen LogP contribution >= 0.6 is 0 Å². The number of carboxylic acid groups (broad SMARTS) is 1. The Morgan fingerprint density at radius 2 is 0.667 bits per heavy atom. The van der Waals surface area contributed by atoms with Crippen LogP contribution in [0.25, 0.3) is 0 Å². The third-order valence-corrected chi connectivity index (χ3v) is 5.39. The molecule has 3 aromatic carbocycles. The highest BCUT2D eigenvalue weighted by Gasteiger charge is 2.38. The third-order valence-electron chi connectivity index (χ3n) is 5.39. The molecular formula is C25H14F12N4O4. The molecule has 0 aromatic heterocycles. The van der Waals surface area contributed by atoms with E-state index in [1.807, 2.05) is 10.6 Å². The Morgan fingerprint density at radius 3 is 0.889 bits per heavy atom. The Kier molecular flexibility index (Phi) is 9.21. The highest BCUT2D eigenvalue weighted by molar-refractivity contribution is 6.04. The summed E-state index contributed by atoms with van der Waals surface area (Å²) >= 11 is 0. The number of amides is 4. The number of hydrogen-bond donors (Lipinski definition) is 5. The fourth-order valence-electron chi connectivity index (χ4n) is 3.54. The van der Waals surface area contributed by atoms with Crippen molar-refractivity contribution in [3.8, 4) is 0 Å². The maximum Gasteiger partial charge on any atom is 0.416 e. The van der Waals surface area contributed by atoms with Gasteiger partial charge in [0.25, 0.3) is 0 Å². The van der Waals surface area contributed by atoms with Crippen LogP contribution in [0.15, 0.2) is 54.6 Å². The zero-order chi connectivity index (χ0) is 34.1. The van der Waals surface area contributed by atoms with Crippen LogP contribution in [0.5, 0.6) is 0 Å². The summed E-state index contributed by atoms with van der Waals surface area (Å²) in [4.78, 5) is 36.2. The standard InChI is InChI=1S/C25H14F12N4O4/c26-22(27,28)11-3-12(23(29,30)31)6-17(5-11)40-20(44)38-15-1-10(19(42)43)2-16(9-15)39-21(45)41-18-7-13(24(32,33)34)4-14(8-18)25(35,36)37/h1-9H,(H,42,43)(H2,38,40,44)(H2,39,41,45). The van der Waals surface area contributed by atoms with Gasteiger partial charge in [-0.2, -0.15) is 52.7 Å². The van der Waals surface area contributed by atoms with Crippen LogP contribution in [0.2, 0.25) is 0 Å². The molecule has 3 rings (SSSR count). The molecule has 0 fully saturated rings. The second-order valence-electron chi connectivity index (χ2n) is 8.85. The van der Waals surface area contributed by atoms with E-state index in [4.69, 9.17) is 0 Å². The van der Waals surface area contributed by atoms with Crippen molar-refractivity contribution in [3.05, 3.63) is 82.4 Å². The molecule has 0 bridgehead atoms. The molecule has 0 aliphatic rings. The lowest BCUT2D eigenvalue weighted by atomic mass is 10.1. The number of alkyl halides is 12. The largest absolute Gasteiger partial charge is 0.478 e. The Bertz CT molecular complexity index is 1460. The number of carboxylic acids is 1. The van der Waals surface area contributed by atoms with Crippen LogP contribution in [0, 0.1) is 0 Å². The van der Waals surface area contributed by atoms with E-state index < -0.39 is 93.3 Å². The predicted molar refractivity (Wildman–Crippen MR) is 132 cm³/mol. The highest BCUT2D eigenvalue weighted by atomic mass is 19.4. The predicted octanol–water partition coefficient (Wildman–Crippen LogP) is 8.75. The number of nitrogens with one attached hydrogen (secondary N) is 4. The number of rotatable bonds is 5. The number of aromatic carboxylic acids is 1. The van der Waals surface area contributed by atoms with Crippen molar-refractivity contribution >= 4 is 40.8 Å². The molecule has 4 amide bonds. The van der Waals surface area contributed by atoms with Crippen molar-refractivity contribution in [2.24, 2.45) is 0 Å². The number of urea groups is 2. The Morgan fingerprint density at radius 1 is 0.422 bits per heavy atom. The highest BCUT2D eigenvalue weighted by Crippen LogP contribution is 2.39. The Labute approximate surface area is 242 Å². The number of halogens is 12. The minimum Gasteiger partial charge on any atom is -0.478 e. The van der Waals surface area contributed by atoms with Gasteiger partial charge in [0.05, 0.1) is 27.8 Å². The van der Waals surface area contributed by atoms with E-state index in [0.717, 1.165) is 18.2 Å². The lowest BCUT2D eigenvalue weighted by Crippen LogP contribution is -2.22. The second-order valence-corrected chi connectivity index (χ2v) is 8.85. The van der Waals surface area contributed by atoms with Crippen molar-refractivity contribution in [1.82, 2.24) is 0 Å². The zero-order valence-electron chi connectivity index (χ0n) is 21.4. The number of carbonyl (C=O) groups is 3. The quantitative estimate of drug-likeness (QED) is 0.176. The van der Waals surface area contributed by atoms with Gasteiger partial charge in [0.1, 0.15) is 0 Å². The summed E-state index contributed by atoms with van der Waals surface area (Å²) in [5, 5.41) is 16.6. The molecular weight excluding hydrogens is 648 g/mol. The van der Waals surface area contributed by atoms with Gasteiger partial charge in [-0.25, -0.2) is 14.4 Å². The molecule has 0 saturated carbocycles. The molecule has 0 unspecified atom stereocenters. The van der Waals surface area contributed by atoms with E-state index in [-0.39, 0.29) is 36.4 Å². The number of carbonyl (C=O) groups excluding carboxylic acids is 2. The SMILES string of the molecule is O=C(Nc1cc(NC(=O)Nc2cc(C(F)(F)F)cc(C(F)(F)F)c2)cc(C(=O)O)c1)Nc1cc(C(F)(F)F)cc(C(F)(F)F)c1. The number of benzene rings is 3. The van der Waals surface area contributed by atoms with Crippen molar-refractivity contribution in [3.63, 3.8) is 0 Å². The van der Waals surface area contributed by atoms with Gasteiger partial charge < -0.3 is 26.4 Å². The Balaban J connectivity index is 1.86. The molecule has 0 saturated heterocycles. The van der Waals surface area contributed by atoms with Gasteiger partial charge in [-0.3, -0.25) is 0 Å². The van der Waals surface area contributed by atoms with Crippen molar-refractivity contribution in [2.75, 3.05) is 21.3 Å². The van der Waals surface area contributed by atoms with Crippen LogP contribution in [-0.2, 0) is 24.7 Å². The summed E-state index contributed by atoms with van der Waals surface area (Å²) in [6, 6.07) is -0.385. The van der Waals surface area contributed by atoms with Crippen LogP contribution < -0.4 is 21.3 Å². The van der Waals surface area contributed by atoms with Gasteiger partial charge in [0.15, 0.2) is 0 Å². The average molecular weight is 662 g/mol. The first-order valence-corrected chi connectivity index (χ1v) is 11.5. The van der Waals surface area contributed by atoms with Gasteiger partial charge in [0.2, 0.25) is 0 Å². The maximum atomic E-state index is 13.1. The van der Waals surface area contributed by atoms with Crippen molar-refractivity contribution < 1.29 is 72.2 Å². The van der Waals surface area contributed by atoms with E-state index in [2.05, 4.69) is 0 Å². The average Bonchev–Trinajstić information content (AvgIpc) is 2.85. The van der Waals surface area contributed by atoms with Crippen LogP contribution in [0.4, 0.5) is 85.0 Å². The molecule has 20 heteroatoms. The van der Waals surface area contributed by atoms with Crippen LogP contribution in [0.3, 0.4) is 0 Å². The van der Waals surface area contributed by atoms with Gasteiger partial charge in [-0.1, -0.05) is 0 Å². The molecule has 0 aliphatic heterocycles. The van der Waals surface area contributed by atoms with Gasteiger partial charge in [-0.15, -0.1) is 0 Å². The minimum absolute atomic E-state index is 0.178. The van der Waals surface area contributed by atoms with Gasteiger partial charge in [-0.05, 0) is 54.6 Å². The summed E-state index contributed by atoms with van der Waals surface area (Å²) in [5.41, 5.74) is -10.7. The molecule has 242 valence electrons. The summed E-state index contributed by atoms with van der Waals surface area (Å²) in [6.45, 7) is 0. The van der Waals surface area contributed by atoms with E-state index >= 15 is 0 Å². The second kappa shape index (κ2) is 12.1. The van der Waals surface area contributed by atoms with Crippen LogP contribution in [0.1, 0.15) is 32.6 Å². The summed E-state index contributed by atoms with van der Waals surface area (Å²) in [7, 11) is 0. The fourth-order valence-corrected chi connectivity index (χ4v) is 3.54. The molecule has 5 N–H and O–H groups in total. The lowest BCUT2D eigenvalue weighted by molar-refractivity contribution is -0.144.